The molecule has 3 unspecified atom stereocenters. The van der Waals surface area contributed by atoms with E-state index in [0.717, 1.165) is 0 Å². The summed E-state index contributed by atoms with van der Waals surface area (Å²) in [5.41, 5.74) is 3.53. The van der Waals surface area contributed by atoms with Crippen molar-refractivity contribution in [3.05, 3.63) is 65.7 Å². The van der Waals surface area contributed by atoms with Crippen LogP contribution in [-0.4, -0.2) is 19.9 Å². The van der Waals surface area contributed by atoms with Crippen LogP contribution in [0.25, 0.3) is 0 Å². The number of nitrogens with zero attached hydrogens (tertiary/aromatic N) is 1. The Kier molecular flexibility index (Phi) is 4.49. The average Bonchev–Trinajstić information content (AvgIpc) is 2.58. The smallest absolute Gasteiger partial charge is 0.139 e. The first-order chi connectivity index (χ1) is 11.1. The molecule has 23 heavy (non-hydrogen) atoms. The Labute approximate surface area is 138 Å². The Balaban J connectivity index is 1.86. The highest BCUT2D eigenvalue weighted by Gasteiger charge is 2.34. The number of rotatable bonds is 3. The number of Topliss-reactive ketones (excluding diaryl/α,β-unsaturated/α-hetero) is 1. The molecule has 2 aromatic rings. The SMILES string of the molecule is CC1C(=O)CC(c2ccccc2)NC1c1ccc(N(C)C)cc1. The van der Waals surface area contributed by atoms with Gasteiger partial charge in [0.15, 0.2) is 0 Å². The zero-order valence-electron chi connectivity index (χ0n) is 14.0. The summed E-state index contributed by atoms with van der Waals surface area (Å²) in [5.74, 6) is 0.333. The van der Waals surface area contributed by atoms with Gasteiger partial charge in [0.2, 0.25) is 0 Å². The molecule has 0 aromatic heterocycles. The first kappa shape index (κ1) is 15.8. The summed E-state index contributed by atoms with van der Waals surface area (Å²) in [5, 5.41) is 3.68. The number of carbonyl (C=O) groups is 1. The molecule has 1 aliphatic rings. The summed E-state index contributed by atoms with van der Waals surface area (Å²) in [7, 11) is 4.07. The first-order valence-electron chi connectivity index (χ1n) is 8.17. The maximum atomic E-state index is 12.5. The van der Waals surface area contributed by atoms with Crippen molar-refractivity contribution >= 4 is 11.5 Å². The van der Waals surface area contributed by atoms with Gasteiger partial charge in [0.25, 0.3) is 0 Å². The van der Waals surface area contributed by atoms with Crippen molar-refractivity contribution in [1.29, 1.82) is 0 Å². The van der Waals surface area contributed by atoms with Crippen molar-refractivity contribution in [3.63, 3.8) is 0 Å². The molecule has 3 atom stereocenters. The van der Waals surface area contributed by atoms with Gasteiger partial charge in [0.05, 0.1) is 0 Å². The van der Waals surface area contributed by atoms with Crippen LogP contribution in [0.4, 0.5) is 5.69 Å². The number of nitrogens with one attached hydrogen (secondary N) is 1. The van der Waals surface area contributed by atoms with Crippen LogP contribution < -0.4 is 10.2 Å². The molecule has 0 amide bonds. The quantitative estimate of drug-likeness (QED) is 0.937. The Morgan fingerprint density at radius 2 is 1.61 bits per heavy atom. The van der Waals surface area contributed by atoms with E-state index in [0.29, 0.717) is 12.2 Å². The molecule has 3 nitrogen and oxygen atoms in total. The number of hydrogen-bond acceptors (Lipinski definition) is 3. The Bertz CT molecular complexity index is 664. The van der Waals surface area contributed by atoms with Gasteiger partial charge < -0.3 is 10.2 Å². The van der Waals surface area contributed by atoms with E-state index in [-0.39, 0.29) is 18.0 Å². The minimum absolute atomic E-state index is 0.000156. The second kappa shape index (κ2) is 6.55. The van der Waals surface area contributed by atoms with Gasteiger partial charge in [-0.2, -0.15) is 0 Å². The van der Waals surface area contributed by atoms with Crippen LogP contribution in [0.1, 0.15) is 36.6 Å². The first-order valence-corrected chi connectivity index (χ1v) is 8.17. The zero-order chi connectivity index (χ0) is 16.4. The van der Waals surface area contributed by atoms with Gasteiger partial charge in [-0.15, -0.1) is 0 Å². The molecule has 0 spiro atoms. The Morgan fingerprint density at radius 3 is 2.22 bits per heavy atom. The molecule has 1 N–H and O–H groups in total. The summed E-state index contributed by atoms with van der Waals surface area (Å²) in [6.07, 6.45) is 0.567. The Hall–Kier alpha value is -2.13. The molecule has 0 bridgehead atoms. The monoisotopic (exact) mass is 308 g/mol. The third kappa shape index (κ3) is 3.30. The number of carbonyl (C=O) groups excluding carboxylic acids is 1. The maximum Gasteiger partial charge on any atom is 0.139 e. The molecule has 1 fully saturated rings. The van der Waals surface area contributed by atoms with Crippen LogP contribution in [0.3, 0.4) is 0 Å². The molecular formula is C20H24N2O. The molecule has 3 rings (SSSR count). The van der Waals surface area contributed by atoms with Crippen LogP contribution in [-0.2, 0) is 4.79 Å². The predicted molar refractivity (Wildman–Crippen MR) is 94.6 cm³/mol. The van der Waals surface area contributed by atoms with E-state index in [4.69, 9.17) is 0 Å². The second-order valence-corrected chi connectivity index (χ2v) is 6.55. The van der Waals surface area contributed by atoms with E-state index in [1.165, 1.54) is 16.8 Å². The molecule has 2 aromatic carbocycles. The Morgan fingerprint density at radius 1 is 0.957 bits per heavy atom. The molecule has 0 saturated carbocycles. The average molecular weight is 308 g/mol. The molecule has 0 aliphatic carbocycles. The third-order valence-corrected chi connectivity index (χ3v) is 4.76. The van der Waals surface area contributed by atoms with Crippen LogP contribution in [0.15, 0.2) is 54.6 Å². The van der Waals surface area contributed by atoms with Gasteiger partial charge in [-0.05, 0) is 23.3 Å². The number of hydrogen-bond donors (Lipinski definition) is 1. The standard InChI is InChI=1S/C20H24N2O/c1-14-19(23)13-18(15-7-5-4-6-8-15)21-20(14)16-9-11-17(12-10-16)22(2)3/h4-12,14,18,20-21H,13H2,1-3H3. The molecule has 0 radical (unpaired) electrons. The van der Waals surface area contributed by atoms with Crippen LogP contribution >= 0.6 is 0 Å². The molecule has 1 aliphatic heterocycles. The highest BCUT2D eigenvalue weighted by Crippen LogP contribution is 2.35. The van der Waals surface area contributed by atoms with Crippen LogP contribution in [0.2, 0.25) is 0 Å². The number of piperidine rings is 1. The maximum absolute atomic E-state index is 12.5. The molecule has 3 heteroatoms. The lowest BCUT2D eigenvalue weighted by Gasteiger charge is -2.35. The summed E-state index contributed by atoms with van der Waals surface area (Å²) in [6.45, 7) is 2.03. The normalized spacial score (nSPS) is 24.5. The lowest BCUT2D eigenvalue weighted by atomic mass is 9.82. The highest BCUT2D eigenvalue weighted by molar-refractivity contribution is 5.83. The summed E-state index contributed by atoms with van der Waals surface area (Å²) < 4.78 is 0. The molecule has 120 valence electrons. The van der Waals surface area contributed by atoms with Gasteiger partial charge in [-0.3, -0.25) is 4.79 Å². The van der Waals surface area contributed by atoms with Gasteiger partial charge in [0, 0.05) is 44.2 Å². The van der Waals surface area contributed by atoms with E-state index in [1.54, 1.807) is 0 Å². The fraction of sp³-hybridized carbons (Fsp3) is 0.350. The number of anilines is 1. The minimum atomic E-state index is 0.000156. The largest absolute Gasteiger partial charge is 0.378 e. The summed E-state index contributed by atoms with van der Waals surface area (Å²) in [6, 6.07) is 18.9. The van der Waals surface area contributed by atoms with E-state index in [9.17, 15) is 4.79 Å². The minimum Gasteiger partial charge on any atom is -0.378 e. The van der Waals surface area contributed by atoms with Crippen LogP contribution in [0.5, 0.6) is 0 Å². The van der Waals surface area contributed by atoms with Gasteiger partial charge in [-0.25, -0.2) is 0 Å². The lowest BCUT2D eigenvalue weighted by molar-refractivity contribution is -0.126. The van der Waals surface area contributed by atoms with Gasteiger partial charge in [-0.1, -0.05) is 49.4 Å². The summed E-state index contributed by atoms with van der Waals surface area (Å²) >= 11 is 0. The molecule has 1 saturated heterocycles. The molecule has 1 heterocycles. The number of ketones is 1. The van der Waals surface area contributed by atoms with Crippen molar-refractivity contribution in [2.24, 2.45) is 5.92 Å². The lowest BCUT2D eigenvalue weighted by Crippen LogP contribution is -2.41. The van der Waals surface area contributed by atoms with Crippen molar-refractivity contribution < 1.29 is 4.79 Å². The fourth-order valence-corrected chi connectivity index (χ4v) is 3.26. The highest BCUT2D eigenvalue weighted by atomic mass is 16.1. The van der Waals surface area contributed by atoms with E-state index >= 15 is 0 Å². The van der Waals surface area contributed by atoms with Crippen molar-refractivity contribution in [3.8, 4) is 0 Å². The predicted octanol–water partition coefficient (Wildman–Crippen LogP) is 3.73. The van der Waals surface area contributed by atoms with E-state index < -0.39 is 0 Å². The topological polar surface area (TPSA) is 32.3 Å². The van der Waals surface area contributed by atoms with E-state index in [1.807, 2.05) is 39.2 Å². The van der Waals surface area contributed by atoms with Crippen molar-refractivity contribution in [1.82, 2.24) is 5.32 Å². The molecular weight excluding hydrogens is 284 g/mol. The van der Waals surface area contributed by atoms with Crippen LogP contribution in [0, 0.1) is 5.92 Å². The van der Waals surface area contributed by atoms with Crippen molar-refractivity contribution in [2.45, 2.75) is 25.4 Å². The van der Waals surface area contributed by atoms with Gasteiger partial charge in [0.1, 0.15) is 5.78 Å². The third-order valence-electron chi connectivity index (χ3n) is 4.76. The second-order valence-electron chi connectivity index (χ2n) is 6.55. The van der Waals surface area contributed by atoms with Gasteiger partial charge >= 0.3 is 0 Å². The zero-order valence-corrected chi connectivity index (χ0v) is 14.0. The van der Waals surface area contributed by atoms with Crippen molar-refractivity contribution in [2.75, 3.05) is 19.0 Å². The number of benzene rings is 2. The van der Waals surface area contributed by atoms with E-state index in [2.05, 4.69) is 46.6 Å². The fourth-order valence-electron chi connectivity index (χ4n) is 3.26. The summed E-state index contributed by atoms with van der Waals surface area (Å²) in [4.78, 5) is 14.6.